The van der Waals surface area contributed by atoms with Gasteiger partial charge in [-0.25, -0.2) is 0 Å². The zero-order valence-corrected chi connectivity index (χ0v) is 13.2. The van der Waals surface area contributed by atoms with E-state index in [1.807, 2.05) is 0 Å². The SMILES string of the molecule is CC(=O)O.CC(=O)O.CC(=O)O.CCC(=O)O.CCC(=O)O. The first kappa shape index (κ1) is 31.6. The molecule has 0 aliphatic heterocycles. The standard InChI is InChI=1S/2C3H6O2.3C2H4O2/c2*1-2-3(4)5;3*1-2(3)4/h2*2H2,1H3,(H,4,5);3*1H3,(H,3,4). The molecule has 0 atom stereocenters. The Bertz CT molecular complexity index is 267. The van der Waals surface area contributed by atoms with Gasteiger partial charge in [0.2, 0.25) is 0 Å². The first-order chi connectivity index (χ1) is 9.74. The minimum absolute atomic E-state index is 0.222. The van der Waals surface area contributed by atoms with Crippen molar-refractivity contribution < 1.29 is 49.5 Å². The van der Waals surface area contributed by atoms with Crippen LogP contribution in [0.15, 0.2) is 0 Å². The second-order valence-electron chi connectivity index (χ2n) is 3.05. The van der Waals surface area contributed by atoms with Crippen molar-refractivity contribution in [2.24, 2.45) is 0 Å². The second kappa shape index (κ2) is 26.8. The molecule has 0 aromatic heterocycles. The van der Waals surface area contributed by atoms with E-state index in [1.165, 1.54) is 0 Å². The van der Waals surface area contributed by atoms with Crippen molar-refractivity contribution in [2.75, 3.05) is 0 Å². The van der Waals surface area contributed by atoms with Gasteiger partial charge in [0.05, 0.1) is 0 Å². The van der Waals surface area contributed by atoms with E-state index in [0.717, 1.165) is 20.8 Å². The lowest BCUT2D eigenvalue weighted by molar-refractivity contribution is -0.137. The molecule has 0 amide bonds. The summed E-state index contributed by atoms with van der Waals surface area (Å²) in [6.45, 7) is 6.45. The van der Waals surface area contributed by atoms with E-state index < -0.39 is 29.8 Å². The highest BCUT2D eigenvalue weighted by atomic mass is 16.4. The third kappa shape index (κ3) is 2540. The number of carbonyl (C=O) groups is 5. The fourth-order valence-corrected chi connectivity index (χ4v) is 0. The molecule has 0 spiro atoms. The maximum absolute atomic E-state index is 9.37. The predicted octanol–water partition coefficient (Wildman–Crippen LogP) is 1.23. The molecule has 0 saturated heterocycles. The summed E-state index contributed by atoms with van der Waals surface area (Å²) < 4.78 is 0. The molecule has 0 heterocycles. The fourth-order valence-electron chi connectivity index (χ4n) is 0. The molecule has 0 radical (unpaired) electrons. The van der Waals surface area contributed by atoms with Gasteiger partial charge >= 0.3 is 11.9 Å². The lowest BCUT2D eigenvalue weighted by Gasteiger charge is -1.71. The topological polar surface area (TPSA) is 186 Å². The van der Waals surface area contributed by atoms with Gasteiger partial charge in [0.25, 0.3) is 17.9 Å². The van der Waals surface area contributed by atoms with Crippen LogP contribution in [0.2, 0.25) is 0 Å². The zero-order chi connectivity index (χ0) is 19.3. The highest BCUT2D eigenvalue weighted by Gasteiger charge is 1.81. The third-order valence-electron chi connectivity index (χ3n) is 0.605. The number of rotatable bonds is 2. The number of hydrogen-bond donors (Lipinski definition) is 5. The van der Waals surface area contributed by atoms with Crippen LogP contribution in [0.25, 0.3) is 0 Å². The van der Waals surface area contributed by atoms with E-state index >= 15 is 0 Å². The summed E-state index contributed by atoms with van der Waals surface area (Å²) in [6.07, 6.45) is 0.444. The van der Waals surface area contributed by atoms with Crippen LogP contribution in [0, 0.1) is 0 Å². The molecule has 0 rings (SSSR count). The molecule has 0 fully saturated rings. The summed E-state index contributed by atoms with van der Waals surface area (Å²) in [4.78, 5) is 45.7. The normalized spacial score (nSPS) is 6.77. The van der Waals surface area contributed by atoms with Gasteiger partial charge in [-0.2, -0.15) is 0 Å². The monoisotopic (exact) mass is 328 g/mol. The van der Waals surface area contributed by atoms with Crippen LogP contribution < -0.4 is 0 Å². The van der Waals surface area contributed by atoms with Crippen LogP contribution in [-0.4, -0.2) is 55.4 Å². The van der Waals surface area contributed by atoms with E-state index in [0.29, 0.717) is 0 Å². The van der Waals surface area contributed by atoms with Crippen LogP contribution in [0.4, 0.5) is 0 Å². The quantitative estimate of drug-likeness (QED) is 0.493. The Balaban J connectivity index is -0.0000000550. The molecule has 0 aromatic carbocycles. The molecule has 0 bridgehead atoms. The number of aliphatic carboxylic acids is 5. The average molecular weight is 328 g/mol. The van der Waals surface area contributed by atoms with E-state index in [2.05, 4.69) is 0 Å². The molecule has 132 valence electrons. The van der Waals surface area contributed by atoms with E-state index in [1.54, 1.807) is 13.8 Å². The lowest BCUT2D eigenvalue weighted by Crippen LogP contribution is -1.86. The first-order valence-corrected chi connectivity index (χ1v) is 5.76. The van der Waals surface area contributed by atoms with Crippen molar-refractivity contribution in [1.82, 2.24) is 0 Å². The van der Waals surface area contributed by atoms with E-state index in [4.69, 9.17) is 39.9 Å². The molecule has 10 nitrogen and oxygen atoms in total. The molecule has 0 aromatic rings. The Hall–Kier alpha value is -2.65. The molecule has 0 saturated carbocycles. The number of hydrogen-bond acceptors (Lipinski definition) is 5. The van der Waals surface area contributed by atoms with Crippen LogP contribution in [-0.2, 0) is 24.0 Å². The Morgan fingerprint density at radius 1 is 0.545 bits per heavy atom. The van der Waals surface area contributed by atoms with Crippen molar-refractivity contribution in [3.05, 3.63) is 0 Å². The molecule has 0 aliphatic rings. The average Bonchev–Trinajstić information content (AvgIpc) is 2.27. The summed E-state index contributed by atoms with van der Waals surface area (Å²) in [5.41, 5.74) is 0. The highest BCUT2D eigenvalue weighted by molar-refractivity contribution is 5.66. The lowest BCUT2D eigenvalue weighted by atomic mass is 10.5. The van der Waals surface area contributed by atoms with Gasteiger partial charge in [-0.3, -0.25) is 24.0 Å². The highest BCUT2D eigenvalue weighted by Crippen LogP contribution is 1.67. The van der Waals surface area contributed by atoms with Crippen molar-refractivity contribution in [1.29, 1.82) is 0 Å². The molecule has 22 heavy (non-hydrogen) atoms. The van der Waals surface area contributed by atoms with Gasteiger partial charge in [0, 0.05) is 33.6 Å². The Morgan fingerprint density at radius 2 is 0.591 bits per heavy atom. The van der Waals surface area contributed by atoms with Crippen molar-refractivity contribution in [3.8, 4) is 0 Å². The van der Waals surface area contributed by atoms with Crippen molar-refractivity contribution in [3.63, 3.8) is 0 Å². The molecule has 0 unspecified atom stereocenters. The van der Waals surface area contributed by atoms with Gasteiger partial charge in [-0.05, 0) is 0 Å². The smallest absolute Gasteiger partial charge is 0.303 e. The number of carboxylic acid groups (broad SMARTS) is 5. The van der Waals surface area contributed by atoms with Gasteiger partial charge in [-0.15, -0.1) is 0 Å². The van der Waals surface area contributed by atoms with Gasteiger partial charge in [0.15, 0.2) is 0 Å². The third-order valence-corrected chi connectivity index (χ3v) is 0.605. The van der Waals surface area contributed by atoms with Crippen molar-refractivity contribution in [2.45, 2.75) is 47.5 Å². The molecule has 10 heteroatoms. The second-order valence-corrected chi connectivity index (χ2v) is 3.05. The molecule has 5 N–H and O–H groups in total. The Labute approximate surface area is 128 Å². The fraction of sp³-hybridized carbons (Fsp3) is 0.583. The Kier molecular flexibility index (Phi) is 38.6. The summed E-state index contributed by atoms with van der Waals surface area (Å²) in [7, 11) is 0. The molecule has 0 aliphatic carbocycles. The minimum atomic E-state index is -0.833. The van der Waals surface area contributed by atoms with E-state index in [-0.39, 0.29) is 12.8 Å². The summed E-state index contributed by atoms with van der Waals surface area (Å²) >= 11 is 0. The van der Waals surface area contributed by atoms with Crippen LogP contribution in [0.1, 0.15) is 47.5 Å². The van der Waals surface area contributed by atoms with Gasteiger partial charge < -0.3 is 25.5 Å². The van der Waals surface area contributed by atoms with Crippen LogP contribution in [0.3, 0.4) is 0 Å². The summed E-state index contributed by atoms with van der Waals surface area (Å²) in [5.74, 6) is -3.99. The number of carboxylic acids is 5. The van der Waals surface area contributed by atoms with Crippen LogP contribution in [0.5, 0.6) is 0 Å². The summed E-state index contributed by atoms with van der Waals surface area (Å²) in [5, 5.41) is 37.7. The maximum Gasteiger partial charge on any atom is 0.303 e. The predicted molar refractivity (Wildman–Crippen MR) is 75.8 cm³/mol. The first-order valence-electron chi connectivity index (χ1n) is 5.76. The van der Waals surface area contributed by atoms with Crippen LogP contribution >= 0.6 is 0 Å². The Morgan fingerprint density at radius 3 is 0.591 bits per heavy atom. The van der Waals surface area contributed by atoms with Gasteiger partial charge in [-0.1, -0.05) is 13.8 Å². The zero-order valence-electron chi connectivity index (χ0n) is 13.2. The molecular formula is C12H24O10. The summed E-state index contributed by atoms with van der Waals surface area (Å²) in [6, 6.07) is 0. The van der Waals surface area contributed by atoms with E-state index in [9.17, 15) is 9.59 Å². The molecular weight excluding hydrogens is 304 g/mol. The van der Waals surface area contributed by atoms with Gasteiger partial charge in [0.1, 0.15) is 0 Å². The minimum Gasteiger partial charge on any atom is -0.481 e. The van der Waals surface area contributed by atoms with Crippen molar-refractivity contribution >= 4 is 29.8 Å². The maximum atomic E-state index is 9.37. The largest absolute Gasteiger partial charge is 0.481 e.